The molecule has 11 heavy (non-hydrogen) atoms. The van der Waals surface area contributed by atoms with E-state index in [4.69, 9.17) is 10.7 Å². The SMILES string of the molecule is O=S(=O)(Cl)C1CCCC(F)C1. The first-order valence-electron chi connectivity index (χ1n) is 3.57. The summed E-state index contributed by atoms with van der Waals surface area (Å²) < 4.78 is 34.1. The minimum absolute atomic E-state index is 0.0752. The molecule has 5 heteroatoms. The molecule has 0 heterocycles. The van der Waals surface area contributed by atoms with Crippen LogP contribution in [0.25, 0.3) is 0 Å². The molecule has 0 aliphatic heterocycles. The van der Waals surface area contributed by atoms with E-state index >= 15 is 0 Å². The highest BCUT2D eigenvalue weighted by Gasteiger charge is 2.30. The van der Waals surface area contributed by atoms with Gasteiger partial charge in [0.15, 0.2) is 0 Å². The summed E-state index contributed by atoms with van der Waals surface area (Å²) >= 11 is 0. The van der Waals surface area contributed by atoms with Gasteiger partial charge in [-0.1, -0.05) is 0 Å². The number of hydrogen-bond donors (Lipinski definition) is 0. The predicted octanol–water partition coefficient (Wildman–Crippen LogP) is 1.84. The van der Waals surface area contributed by atoms with Crippen molar-refractivity contribution in [3.8, 4) is 0 Å². The monoisotopic (exact) mass is 200 g/mol. The van der Waals surface area contributed by atoms with E-state index < -0.39 is 20.5 Å². The van der Waals surface area contributed by atoms with Crippen molar-refractivity contribution in [2.45, 2.75) is 37.1 Å². The highest BCUT2D eigenvalue weighted by atomic mass is 35.7. The Morgan fingerprint density at radius 3 is 2.36 bits per heavy atom. The van der Waals surface area contributed by atoms with Crippen molar-refractivity contribution in [3.63, 3.8) is 0 Å². The molecule has 1 aliphatic carbocycles. The van der Waals surface area contributed by atoms with E-state index in [-0.39, 0.29) is 6.42 Å². The molecule has 1 fully saturated rings. The molecule has 1 rings (SSSR count). The van der Waals surface area contributed by atoms with Gasteiger partial charge in [-0.2, -0.15) is 0 Å². The van der Waals surface area contributed by atoms with Crippen LogP contribution in [-0.4, -0.2) is 19.8 Å². The summed E-state index contributed by atoms with van der Waals surface area (Å²) in [5, 5.41) is -0.659. The van der Waals surface area contributed by atoms with Gasteiger partial charge in [-0.05, 0) is 25.7 Å². The number of rotatable bonds is 1. The lowest BCUT2D eigenvalue weighted by atomic mass is 9.99. The molecule has 2 unspecified atom stereocenters. The molecule has 0 aromatic rings. The fourth-order valence-corrected chi connectivity index (χ4v) is 2.72. The summed E-state index contributed by atoms with van der Waals surface area (Å²) in [6.45, 7) is 0. The first-order chi connectivity index (χ1) is 5.00. The zero-order valence-corrected chi connectivity index (χ0v) is 7.54. The molecule has 0 N–H and O–H groups in total. The van der Waals surface area contributed by atoms with Crippen LogP contribution in [0.1, 0.15) is 25.7 Å². The fourth-order valence-electron chi connectivity index (χ4n) is 1.34. The first-order valence-corrected chi connectivity index (χ1v) is 5.95. The molecule has 1 saturated carbocycles. The Bertz CT molecular complexity index is 227. The molecule has 2 atom stereocenters. The number of hydrogen-bond acceptors (Lipinski definition) is 2. The Labute approximate surface area is 70.2 Å². The van der Waals surface area contributed by atoms with E-state index in [1.807, 2.05) is 0 Å². The highest BCUT2D eigenvalue weighted by Crippen LogP contribution is 2.27. The third kappa shape index (κ3) is 2.60. The maximum absolute atomic E-state index is 12.6. The van der Waals surface area contributed by atoms with E-state index in [0.717, 1.165) is 0 Å². The van der Waals surface area contributed by atoms with Gasteiger partial charge in [0.1, 0.15) is 6.17 Å². The van der Waals surface area contributed by atoms with Crippen molar-refractivity contribution < 1.29 is 12.8 Å². The van der Waals surface area contributed by atoms with Gasteiger partial charge in [0, 0.05) is 10.7 Å². The Balaban J connectivity index is 2.60. The summed E-state index contributed by atoms with van der Waals surface area (Å²) in [7, 11) is 1.56. The van der Waals surface area contributed by atoms with Crippen LogP contribution in [0.4, 0.5) is 4.39 Å². The smallest absolute Gasteiger partial charge is 0.235 e. The van der Waals surface area contributed by atoms with Gasteiger partial charge in [-0.25, -0.2) is 12.8 Å². The summed E-state index contributed by atoms with van der Waals surface area (Å²) in [6.07, 6.45) is 0.695. The third-order valence-electron chi connectivity index (χ3n) is 1.96. The number of halogens is 2. The average Bonchev–Trinajstić information content (AvgIpc) is 1.86. The molecule has 1 aliphatic rings. The molecule has 0 amide bonds. The topological polar surface area (TPSA) is 34.1 Å². The van der Waals surface area contributed by atoms with Crippen LogP contribution >= 0.6 is 10.7 Å². The normalized spacial score (nSPS) is 33.6. The average molecular weight is 201 g/mol. The lowest BCUT2D eigenvalue weighted by Gasteiger charge is -2.21. The molecular formula is C6H10ClFO2S. The van der Waals surface area contributed by atoms with Crippen LogP contribution < -0.4 is 0 Å². The maximum Gasteiger partial charge on any atom is 0.235 e. The lowest BCUT2D eigenvalue weighted by molar-refractivity contribution is 0.253. The van der Waals surface area contributed by atoms with Crippen LogP contribution in [0.3, 0.4) is 0 Å². The van der Waals surface area contributed by atoms with Crippen LogP contribution in [-0.2, 0) is 9.05 Å². The fraction of sp³-hybridized carbons (Fsp3) is 1.00. The number of alkyl halides is 1. The molecule has 0 bridgehead atoms. The van der Waals surface area contributed by atoms with E-state index in [2.05, 4.69) is 0 Å². The summed E-state index contributed by atoms with van der Waals surface area (Å²) in [5.74, 6) is 0. The molecule has 0 aromatic carbocycles. The minimum Gasteiger partial charge on any atom is -0.247 e. The van der Waals surface area contributed by atoms with E-state index in [1.165, 1.54) is 0 Å². The Morgan fingerprint density at radius 1 is 1.36 bits per heavy atom. The predicted molar refractivity (Wildman–Crippen MR) is 41.9 cm³/mol. The van der Waals surface area contributed by atoms with E-state index in [0.29, 0.717) is 19.3 Å². The van der Waals surface area contributed by atoms with Gasteiger partial charge in [-0.3, -0.25) is 0 Å². The molecule has 0 saturated heterocycles. The first kappa shape index (κ1) is 9.26. The Kier molecular flexibility index (Phi) is 2.75. The Hall–Kier alpha value is 0.170. The van der Waals surface area contributed by atoms with Crippen LogP contribution in [0.5, 0.6) is 0 Å². The highest BCUT2D eigenvalue weighted by molar-refractivity contribution is 8.14. The van der Waals surface area contributed by atoms with Crippen molar-refractivity contribution in [2.75, 3.05) is 0 Å². The van der Waals surface area contributed by atoms with Gasteiger partial charge >= 0.3 is 0 Å². The van der Waals surface area contributed by atoms with E-state index in [1.54, 1.807) is 0 Å². The summed E-state index contributed by atoms with van der Waals surface area (Å²) in [4.78, 5) is 0. The van der Waals surface area contributed by atoms with Crippen molar-refractivity contribution in [2.24, 2.45) is 0 Å². The molecule has 0 aromatic heterocycles. The standard InChI is InChI=1S/C6H10ClFO2S/c7-11(9,10)6-3-1-2-5(8)4-6/h5-6H,1-4H2. The lowest BCUT2D eigenvalue weighted by Crippen LogP contribution is -2.25. The van der Waals surface area contributed by atoms with Gasteiger partial charge in [0.2, 0.25) is 9.05 Å². The summed E-state index contributed by atoms with van der Waals surface area (Å²) in [5.41, 5.74) is 0. The third-order valence-corrected chi connectivity index (χ3v) is 3.94. The largest absolute Gasteiger partial charge is 0.247 e. The van der Waals surface area contributed by atoms with Gasteiger partial charge in [0.25, 0.3) is 0 Å². The minimum atomic E-state index is -3.53. The maximum atomic E-state index is 12.6. The van der Waals surface area contributed by atoms with Crippen molar-refractivity contribution in [1.29, 1.82) is 0 Å². The second kappa shape index (κ2) is 3.27. The quantitative estimate of drug-likeness (QED) is 0.606. The van der Waals surface area contributed by atoms with Gasteiger partial charge < -0.3 is 0 Å². The molecular weight excluding hydrogens is 191 g/mol. The van der Waals surface area contributed by atoms with Gasteiger partial charge in [-0.15, -0.1) is 0 Å². The zero-order chi connectivity index (χ0) is 8.48. The van der Waals surface area contributed by atoms with Crippen molar-refractivity contribution in [1.82, 2.24) is 0 Å². The Morgan fingerprint density at radius 2 is 2.00 bits per heavy atom. The van der Waals surface area contributed by atoms with Crippen LogP contribution in [0, 0.1) is 0 Å². The van der Waals surface area contributed by atoms with Crippen LogP contribution in [0.2, 0.25) is 0 Å². The molecule has 0 radical (unpaired) electrons. The second-order valence-electron chi connectivity index (χ2n) is 2.86. The van der Waals surface area contributed by atoms with Crippen molar-refractivity contribution in [3.05, 3.63) is 0 Å². The molecule has 66 valence electrons. The molecule has 2 nitrogen and oxygen atoms in total. The second-order valence-corrected chi connectivity index (χ2v) is 5.77. The van der Waals surface area contributed by atoms with Crippen molar-refractivity contribution >= 4 is 19.7 Å². The zero-order valence-electron chi connectivity index (χ0n) is 5.96. The van der Waals surface area contributed by atoms with Crippen LogP contribution in [0.15, 0.2) is 0 Å². The summed E-state index contributed by atoms with van der Waals surface area (Å²) in [6, 6.07) is 0. The van der Waals surface area contributed by atoms with E-state index in [9.17, 15) is 12.8 Å². The molecule has 0 spiro atoms. The van der Waals surface area contributed by atoms with Gasteiger partial charge in [0.05, 0.1) is 5.25 Å².